The van der Waals surface area contributed by atoms with Crippen LogP contribution >= 0.6 is 0 Å². The van der Waals surface area contributed by atoms with E-state index < -0.39 is 0 Å². The molecule has 17 aromatic carbocycles. The zero-order valence-electron chi connectivity index (χ0n) is 59.8. The molecule has 27 aromatic rings. The van der Waals surface area contributed by atoms with Crippen LogP contribution in [0.2, 0.25) is 0 Å². The highest BCUT2D eigenvalue weighted by Crippen LogP contribution is 2.52. The van der Waals surface area contributed by atoms with E-state index in [9.17, 15) is 0 Å². The first-order valence-electron chi connectivity index (χ1n) is 38.4. The highest BCUT2D eigenvalue weighted by Gasteiger charge is 2.31. The Morgan fingerprint density at radius 1 is 0.170 bits per heavy atom. The highest BCUT2D eigenvalue weighted by atomic mass is 15.3. The van der Waals surface area contributed by atoms with Crippen molar-refractivity contribution < 1.29 is 0 Å². The average Bonchev–Trinajstić information content (AvgIpc) is 1.51. The molecule has 0 N–H and O–H groups in total. The van der Waals surface area contributed by atoms with Crippen molar-refractivity contribution >= 4 is 207 Å². The van der Waals surface area contributed by atoms with Crippen LogP contribution < -0.4 is 0 Å². The SMILES string of the molecule is c1ccc(-n2c3ccc(-c4nnc(-n5c6ccccc6c6cc7c8ccccc8n8c9c%10ccccc%10ccc9c(c65)c78)c5ccccc45)cc3c3ccc(-c4ccc5c(c4)c4cc6c7ccccc7n(-c7nnc(-n8c9ccccc9c9ccccc98)c8ccccc78)c6c6c7ccc8ccccc8c7n5c46)cc32)cc1. The Bertz CT molecular complexity index is 8860. The fourth-order valence-corrected chi connectivity index (χ4v) is 20.4. The van der Waals surface area contributed by atoms with E-state index in [0.29, 0.717) is 0 Å². The summed E-state index contributed by atoms with van der Waals surface area (Å²) >= 11 is 0. The second kappa shape index (κ2) is 21.3. The molecule has 0 bridgehead atoms. The molecule has 0 radical (unpaired) electrons. The molecule has 0 saturated heterocycles. The van der Waals surface area contributed by atoms with E-state index in [1.807, 2.05) is 0 Å². The van der Waals surface area contributed by atoms with Crippen LogP contribution in [0.4, 0.5) is 0 Å². The molecule has 514 valence electrons. The predicted molar refractivity (Wildman–Crippen MR) is 465 cm³/mol. The van der Waals surface area contributed by atoms with Crippen LogP contribution in [0.1, 0.15) is 0 Å². The Kier molecular flexibility index (Phi) is 11.2. The summed E-state index contributed by atoms with van der Waals surface area (Å²) in [5.41, 5.74) is 21.2. The highest BCUT2D eigenvalue weighted by molar-refractivity contribution is 6.38. The Morgan fingerprint density at radius 2 is 0.518 bits per heavy atom. The van der Waals surface area contributed by atoms with E-state index in [0.717, 1.165) is 138 Å². The molecule has 10 heterocycles. The van der Waals surface area contributed by atoms with Gasteiger partial charge in [0.05, 0.1) is 77.2 Å². The maximum absolute atomic E-state index is 5.43. The van der Waals surface area contributed by atoms with Crippen LogP contribution in [0.15, 0.2) is 340 Å². The van der Waals surface area contributed by atoms with Gasteiger partial charge in [-0.25, -0.2) is 0 Å². The topological polar surface area (TPSA) is 80.1 Å². The van der Waals surface area contributed by atoms with Crippen LogP contribution in [0.3, 0.4) is 0 Å². The van der Waals surface area contributed by atoms with Gasteiger partial charge < -0.3 is 13.4 Å². The van der Waals surface area contributed by atoms with E-state index in [-0.39, 0.29) is 0 Å². The van der Waals surface area contributed by atoms with Gasteiger partial charge in [0.15, 0.2) is 17.5 Å². The van der Waals surface area contributed by atoms with Crippen LogP contribution in [-0.4, -0.2) is 47.5 Å². The fourth-order valence-electron chi connectivity index (χ4n) is 20.4. The summed E-state index contributed by atoms with van der Waals surface area (Å²) in [5, 5.41) is 49.5. The molecule has 10 nitrogen and oxygen atoms in total. The molecule has 0 aliphatic rings. The van der Waals surface area contributed by atoms with Crippen molar-refractivity contribution in [2.24, 2.45) is 0 Å². The summed E-state index contributed by atoms with van der Waals surface area (Å²) in [5.74, 6) is 2.38. The minimum atomic E-state index is 0.786. The third-order valence-corrected chi connectivity index (χ3v) is 25.0. The van der Waals surface area contributed by atoms with E-state index in [4.69, 9.17) is 20.4 Å². The number of rotatable bonds is 6. The number of aromatic nitrogens is 10. The van der Waals surface area contributed by atoms with Gasteiger partial charge in [-0.2, -0.15) is 0 Å². The Balaban J connectivity index is 0.646. The molecule has 0 unspecified atom stereocenters. The van der Waals surface area contributed by atoms with E-state index >= 15 is 0 Å². The number of benzene rings is 17. The molecule has 10 heteroatoms. The lowest BCUT2D eigenvalue weighted by Crippen LogP contribution is -2.06. The second-order valence-electron chi connectivity index (χ2n) is 30.4. The fraction of sp³-hybridized carbons (Fsp3) is 0. The van der Waals surface area contributed by atoms with E-state index in [1.54, 1.807) is 0 Å². The largest absolute Gasteiger partial charge is 0.309 e. The van der Waals surface area contributed by atoms with Gasteiger partial charge in [-0.15, -0.1) is 20.4 Å². The van der Waals surface area contributed by atoms with Gasteiger partial charge in [0.1, 0.15) is 5.69 Å². The van der Waals surface area contributed by atoms with E-state index in [1.165, 1.54) is 114 Å². The lowest BCUT2D eigenvalue weighted by Gasteiger charge is -2.14. The maximum atomic E-state index is 5.43. The van der Waals surface area contributed by atoms with Crippen LogP contribution in [0.5, 0.6) is 0 Å². The molecule has 0 aliphatic heterocycles. The van der Waals surface area contributed by atoms with Gasteiger partial charge in [-0.1, -0.05) is 255 Å². The zero-order chi connectivity index (χ0) is 72.4. The van der Waals surface area contributed by atoms with Crippen molar-refractivity contribution in [3.8, 4) is 45.5 Å². The summed E-state index contributed by atoms with van der Waals surface area (Å²) in [7, 11) is 0. The van der Waals surface area contributed by atoms with Crippen LogP contribution in [-0.2, 0) is 0 Å². The monoisotopic (exact) mass is 1420 g/mol. The predicted octanol–water partition coefficient (Wildman–Crippen LogP) is 25.9. The van der Waals surface area contributed by atoms with E-state index in [2.05, 4.69) is 367 Å². The third kappa shape index (κ3) is 7.43. The van der Waals surface area contributed by atoms with Gasteiger partial charge in [-0.05, 0) is 107 Å². The van der Waals surface area contributed by atoms with Gasteiger partial charge in [0, 0.05) is 130 Å². The molecular formula is C102H56N10. The van der Waals surface area contributed by atoms with Crippen molar-refractivity contribution in [3.63, 3.8) is 0 Å². The summed E-state index contributed by atoms with van der Waals surface area (Å²) in [6.45, 7) is 0. The lowest BCUT2D eigenvalue weighted by atomic mass is 9.98. The molecule has 0 atom stereocenters. The van der Waals surface area contributed by atoms with Gasteiger partial charge in [-0.3, -0.25) is 13.7 Å². The second-order valence-corrected chi connectivity index (χ2v) is 30.4. The molecule has 0 aliphatic carbocycles. The molecule has 27 rings (SSSR count). The molecule has 0 fully saturated rings. The summed E-state index contributed by atoms with van der Waals surface area (Å²) in [4.78, 5) is 0. The van der Waals surface area contributed by atoms with Gasteiger partial charge >= 0.3 is 0 Å². The van der Waals surface area contributed by atoms with Crippen molar-refractivity contribution in [2.75, 3.05) is 0 Å². The minimum Gasteiger partial charge on any atom is -0.309 e. The number of para-hydroxylation sites is 6. The molecular weight excluding hydrogens is 1370 g/mol. The first kappa shape index (κ1) is 58.9. The quantitative estimate of drug-likeness (QED) is 0.166. The van der Waals surface area contributed by atoms with Crippen LogP contribution in [0.25, 0.3) is 252 Å². The summed E-state index contributed by atoms with van der Waals surface area (Å²) in [6.07, 6.45) is 0. The lowest BCUT2D eigenvalue weighted by molar-refractivity contribution is 0.930. The number of hydrogen-bond acceptors (Lipinski definition) is 4. The molecule has 0 saturated carbocycles. The molecule has 112 heavy (non-hydrogen) atoms. The third-order valence-electron chi connectivity index (χ3n) is 25.0. The standard InChI is InChI=1S/C102H56N10/c1-2-24-62(25-3-1)107-88-51-46-61(93-71-33-8-9-34-72(71)101(104-103-93)111-86-40-20-15-31-68(86)80-55-79-67-30-14-19-39-85(67)109-94-63-26-6-4-22-57(63)42-48-75(94)91(96(79)109)98(80)111)53-77(88)70-47-44-60(54-90(70)107)59-45-50-89-78(52-59)82-56-81-69-32-16-21-41-87(69)112(99(81)92-76-49-43-58-23-5-7-27-64(58)95(76)110(89)97(82)92)102-74-36-11-10-35-73(74)100(105-106-102)108-83-37-17-12-28-65(83)66-29-13-18-38-84(66)108/h1-56H. The normalized spacial score (nSPS) is 12.6. The molecule has 0 amide bonds. The molecule has 10 aromatic heterocycles. The average molecular weight is 1420 g/mol. The first-order valence-corrected chi connectivity index (χ1v) is 38.4. The smallest absolute Gasteiger partial charge is 0.168 e. The Labute approximate surface area is 635 Å². The maximum Gasteiger partial charge on any atom is 0.168 e. The van der Waals surface area contributed by atoms with Crippen LogP contribution in [0, 0.1) is 0 Å². The van der Waals surface area contributed by atoms with Crippen molar-refractivity contribution in [2.45, 2.75) is 0 Å². The summed E-state index contributed by atoms with van der Waals surface area (Å²) < 4.78 is 14.6. The van der Waals surface area contributed by atoms with Crippen molar-refractivity contribution in [3.05, 3.63) is 340 Å². The summed E-state index contributed by atoms with van der Waals surface area (Å²) in [6, 6.07) is 125. The molecule has 0 spiro atoms. The van der Waals surface area contributed by atoms with Crippen molar-refractivity contribution in [1.29, 1.82) is 0 Å². The van der Waals surface area contributed by atoms with Gasteiger partial charge in [0.25, 0.3) is 0 Å². The number of nitrogens with zero attached hydrogens (tertiary/aromatic N) is 10. The Morgan fingerprint density at radius 3 is 1.09 bits per heavy atom. The van der Waals surface area contributed by atoms with Crippen molar-refractivity contribution in [1.82, 2.24) is 47.5 Å². The zero-order valence-corrected chi connectivity index (χ0v) is 59.8. The Hall–Kier alpha value is -15.3. The number of fused-ring (bicyclic) bond motifs is 32. The minimum absolute atomic E-state index is 0.786. The first-order chi connectivity index (χ1) is 55.6. The number of hydrogen-bond donors (Lipinski definition) is 0. The van der Waals surface area contributed by atoms with Gasteiger partial charge in [0.2, 0.25) is 0 Å².